The first-order valence-corrected chi connectivity index (χ1v) is 12.1. The van der Waals surface area contributed by atoms with Crippen LogP contribution in [0.4, 0.5) is 15.8 Å². The van der Waals surface area contributed by atoms with Crippen LogP contribution in [0.25, 0.3) is 0 Å². The molecule has 3 aromatic carbocycles. The van der Waals surface area contributed by atoms with Crippen molar-refractivity contribution < 1.29 is 22.4 Å². The van der Waals surface area contributed by atoms with Gasteiger partial charge in [0.25, 0.3) is 5.91 Å². The van der Waals surface area contributed by atoms with Gasteiger partial charge in [0, 0.05) is 23.1 Å². The van der Waals surface area contributed by atoms with E-state index in [-0.39, 0.29) is 26.7 Å². The SMILES string of the molecule is CC(C)(C(=O)Nc1ccc(NC(=O)c2cccc(S(C)(=O)=O)c2)c(Cl)c1)c1ccccc1F. The maximum atomic E-state index is 14.2. The Morgan fingerprint density at radius 2 is 1.64 bits per heavy atom. The van der Waals surface area contributed by atoms with Crippen molar-refractivity contribution in [2.24, 2.45) is 0 Å². The van der Waals surface area contributed by atoms with Crippen LogP contribution in [0.5, 0.6) is 0 Å². The molecule has 3 rings (SSSR count). The van der Waals surface area contributed by atoms with Gasteiger partial charge < -0.3 is 10.6 Å². The summed E-state index contributed by atoms with van der Waals surface area (Å²) in [7, 11) is -3.46. The van der Waals surface area contributed by atoms with Crippen LogP contribution in [0, 0.1) is 5.82 Å². The van der Waals surface area contributed by atoms with Gasteiger partial charge in [-0.05, 0) is 56.3 Å². The minimum atomic E-state index is -3.46. The summed E-state index contributed by atoms with van der Waals surface area (Å²) in [5.41, 5.74) is -0.0916. The van der Waals surface area contributed by atoms with Crippen molar-refractivity contribution in [1.82, 2.24) is 0 Å². The molecule has 0 heterocycles. The van der Waals surface area contributed by atoms with Crippen LogP contribution in [0.15, 0.2) is 71.6 Å². The highest BCUT2D eigenvalue weighted by atomic mass is 35.5. The van der Waals surface area contributed by atoms with E-state index in [4.69, 9.17) is 11.6 Å². The highest BCUT2D eigenvalue weighted by Gasteiger charge is 2.32. The molecular formula is C24H22ClFN2O4S. The number of sulfone groups is 1. The average Bonchev–Trinajstić information content (AvgIpc) is 2.75. The van der Waals surface area contributed by atoms with Crippen molar-refractivity contribution in [2.45, 2.75) is 24.2 Å². The van der Waals surface area contributed by atoms with Crippen LogP contribution in [0.3, 0.4) is 0 Å². The molecule has 0 aromatic heterocycles. The van der Waals surface area contributed by atoms with E-state index in [2.05, 4.69) is 10.6 Å². The molecule has 0 aliphatic rings. The Kier molecular flexibility index (Phi) is 6.90. The van der Waals surface area contributed by atoms with Crippen LogP contribution < -0.4 is 10.6 Å². The molecule has 6 nitrogen and oxygen atoms in total. The van der Waals surface area contributed by atoms with Gasteiger partial charge >= 0.3 is 0 Å². The predicted molar refractivity (Wildman–Crippen MR) is 127 cm³/mol. The summed E-state index contributed by atoms with van der Waals surface area (Å²) in [5, 5.41) is 5.49. The highest BCUT2D eigenvalue weighted by molar-refractivity contribution is 7.90. The lowest BCUT2D eigenvalue weighted by Gasteiger charge is -2.24. The molecule has 172 valence electrons. The number of rotatable bonds is 6. The Bertz CT molecular complexity index is 1340. The van der Waals surface area contributed by atoms with Crippen molar-refractivity contribution >= 4 is 44.6 Å². The number of amides is 2. The molecule has 0 unspecified atom stereocenters. The summed E-state index contributed by atoms with van der Waals surface area (Å²) in [6.07, 6.45) is 1.06. The van der Waals surface area contributed by atoms with Gasteiger partial charge in [-0.1, -0.05) is 35.9 Å². The maximum Gasteiger partial charge on any atom is 0.255 e. The van der Waals surface area contributed by atoms with E-state index >= 15 is 0 Å². The lowest BCUT2D eigenvalue weighted by Crippen LogP contribution is -2.35. The Morgan fingerprint density at radius 3 is 2.27 bits per heavy atom. The van der Waals surface area contributed by atoms with Gasteiger partial charge in [-0.25, -0.2) is 12.8 Å². The molecule has 0 atom stereocenters. The summed E-state index contributed by atoms with van der Waals surface area (Å²) >= 11 is 6.28. The molecular weight excluding hydrogens is 467 g/mol. The molecule has 0 fully saturated rings. The van der Waals surface area contributed by atoms with Gasteiger partial charge in [-0.2, -0.15) is 0 Å². The van der Waals surface area contributed by atoms with E-state index in [1.54, 1.807) is 38.1 Å². The van der Waals surface area contributed by atoms with Gasteiger partial charge in [-0.3, -0.25) is 9.59 Å². The maximum absolute atomic E-state index is 14.2. The fraction of sp³-hybridized carbons (Fsp3) is 0.167. The van der Waals surface area contributed by atoms with Crippen molar-refractivity contribution in [1.29, 1.82) is 0 Å². The first-order valence-electron chi connectivity index (χ1n) is 9.87. The number of carbonyl (C=O) groups is 2. The summed E-state index contributed by atoms with van der Waals surface area (Å²) in [6, 6.07) is 16.2. The number of benzene rings is 3. The molecule has 3 aromatic rings. The minimum Gasteiger partial charge on any atom is -0.325 e. The van der Waals surface area contributed by atoms with Crippen LogP contribution in [0.2, 0.25) is 5.02 Å². The molecule has 9 heteroatoms. The highest BCUT2D eigenvalue weighted by Crippen LogP contribution is 2.30. The van der Waals surface area contributed by atoms with Gasteiger partial charge in [0.15, 0.2) is 9.84 Å². The zero-order chi connectivity index (χ0) is 24.4. The van der Waals surface area contributed by atoms with E-state index in [0.29, 0.717) is 5.69 Å². The van der Waals surface area contributed by atoms with E-state index in [0.717, 1.165) is 6.26 Å². The van der Waals surface area contributed by atoms with E-state index in [9.17, 15) is 22.4 Å². The Hall–Kier alpha value is -3.23. The first kappa shape index (κ1) is 24.4. The zero-order valence-electron chi connectivity index (χ0n) is 18.1. The van der Waals surface area contributed by atoms with Crippen LogP contribution in [0.1, 0.15) is 29.8 Å². The quantitative estimate of drug-likeness (QED) is 0.507. The van der Waals surface area contributed by atoms with Crippen molar-refractivity contribution in [3.63, 3.8) is 0 Å². The van der Waals surface area contributed by atoms with Gasteiger partial charge in [0.1, 0.15) is 5.82 Å². The average molecular weight is 489 g/mol. The molecule has 0 saturated carbocycles. The smallest absolute Gasteiger partial charge is 0.255 e. The van der Waals surface area contributed by atoms with E-state index < -0.39 is 32.9 Å². The normalized spacial score (nSPS) is 11.7. The van der Waals surface area contributed by atoms with Crippen LogP contribution >= 0.6 is 11.6 Å². The summed E-state index contributed by atoms with van der Waals surface area (Å²) in [6.45, 7) is 3.23. The predicted octanol–water partition coefficient (Wildman–Crippen LogP) is 5.05. The topological polar surface area (TPSA) is 92.3 Å². The van der Waals surface area contributed by atoms with Gasteiger partial charge in [0.2, 0.25) is 5.91 Å². The number of hydrogen-bond acceptors (Lipinski definition) is 4. The van der Waals surface area contributed by atoms with Gasteiger partial charge in [-0.15, -0.1) is 0 Å². The Morgan fingerprint density at radius 1 is 0.939 bits per heavy atom. The molecule has 2 amide bonds. The summed E-state index contributed by atoms with van der Waals surface area (Å²) in [5.74, 6) is -1.45. The number of anilines is 2. The van der Waals surface area contributed by atoms with Crippen molar-refractivity contribution in [3.8, 4) is 0 Å². The van der Waals surface area contributed by atoms with Crippen LogP contribution in [-0.2, 0) is 20.0 Å². The molecule has 0 radical (unpaired) electrons. The number of hydrogen-bond donors (Lipinski definition) is 2. The van der Waals surface area contributed by atoms with E-state index in [1.807, 2.05) is 0 Å². The lowest BCUT2D eigenvalue weighted by molar-refractivity contribution is -0.120. The molecule has 33 heavy (non-hydrogen) atoms. The molecule has 0 spiro atoms. The third-order valence-corrected chi connectivity index (χ3v) is 6.54. The standard InChI is InChI=1S/C24H22ClFN2O4S/c1-24(2,18-9-4-5-10-20(18)26)23(30)27-16-11-12-21(19(25)14-16)28-22(29)15-7-6-8-17(13-15)33(3,31)32/h4-14H,1-3H3,(H,27,30)(H,28,29). The Labute approximate surface area is 196 Å². The second-order valence-electron chi connectivity index (χ2n) is 8.01. The second kappa shape index (κ2) is 9.33. The Balaban J connectivity index is 1.76. The van der Waals surface area contributed by atoms with Crippen LogP contribution in [-0.4, -0.2) is 26.5 Å². The van der Waals surface area contributed by atoms with Crippen molar-refractivity contribution in [2.75, 3.05) is 16.9 Å². The van der Waals surface area contributed by atoms with Gasteiger partial charge in [0.05, 0.1) is 21.0 Å². The molecule has 0 saturated heterocycles. The third kappa shape index (κ3) is 5.58. The zero-order valence-corrected chi connectivity index (χ0v) is 19.7. The fourth-order valence-electron chi connectivity index (χ4n) is 3.13. The summed E-state index contributed by atoms with van der Waals surface area (Å²) in [4.78, 5) is 25.4. The molecule has 0 aliphatic carbocycles. The monoisotopic (exact) mass is 488 g/mol. The number of carbonyl (C=O) groups excluding carboxylic acids is 2. The molecule has 0 aliphatic heterocycles. The molecule has 2 N–H and O–H groups in total. The minimum absolute atomic E-state index is 0.0248. The fourth-order valence-corrected chi connectivity index (χ4v) is 4.03. The number of halogens is 2. The second-order valence-corrected chi connectivity index (χ2v) is 10.4. The number of nitrogens with one attached hydrogen (secondary N) is 2. The largest absolute Gasteiger partial charge is 0.325 e. The lowest BCUT2D eigenvalue weighted by atomic mass is 9.83. The first-order chi connectivity index (χ1) is 15.4. The molecule has 0 bridgehead atoms. The van der Waals surface area contributed by atoms with Crippen molar-refractivity contribution in [3.05, 3.63) is 88.7 Å². The summed E-state index contributed by atoms with van der Waals surface area (Å²) < 4.78 is 37.6. The van der Waals surface area contributed by atoms with E-state index in [1.165, 1.54) is 42.5 Å². The third-order valence-electron chi connectivity index (χ3n) is 5.11.